The highest BCUT2D eigenvalue weighted by Gasteiger charge is 2.20. The Labute approximate surface area is 107 Å². The van der Waals surface area contributed by atoms with E-state index in [2.05, 4.69) is 4.90 Å². The Morgan fingerprint density at radius 2 is 1.89 bits per heavy atom. The quantitative estimate of drug-likeness (QED) is 0.887. The molecule has 1 aliphatic heterocycles. The van der Waals surface area contributed by atoms with Gasteiger partial charge in [0.25, 0.3) is 0 Å². The first-order valence-electron chi connectivity index (χ1n) is 6.38. The molecule has 2 N–H and O–H groups in total. The maximum atomic E-state index is 12.8. The number of benzene rings is 1. The number of primary amides is 1. The number of rotatable bonds is 4. The molecule has 3 nitrogen and oxygen atoms in total. The topological polar surface area (TPSA) is 46.3 Å². The predicted octanol–water partition coefficient (Wildman–Crippen LogP) is 1.91. The van der Waals surface area contributed by atoms with Crippen molar-refractivity contribution >= 4 is 5.91 Å². The number of likely N-dealkylation sites (tertiary alicyclic amines) is 1. The minimum atomic E-state index is -0.202. The zero-order chi connectivity index (χ0) is 13.0. The van der Waals surface area contributed by atoms with Gasteiger partial charge in [0.05, 0.1) is 0 Å². The summed E-state index contributed by atoms with van der Waals surface area (Å²) in [5, 5.41) is 0. The summed E-state index contributed by atoms with van der Waals surface area (Å²) in [6.45, 7) is 2.81. The van der Waals surface area contributed by atoms with Crippen molar-refractivity contribution < 1.29 is 9.18 Å². The summed E-state index contributed by atoms with van der Waals surface area (Å²) in [5.41, 5.74) is 6.34. The lowest BCUT2D eigenvalue weighted by Gasteiger charge is -2.31. The lowest BCUT2D eigenvalue weighted by atomic mass is 9.93. The molecule has 0 aliphatic carbocycles. The van der Waals surface area contributed by atoms with Crippen LogP contribution in [0.15, 0.2) is 24.3 Å². The third-order valence-electron chi connectivity index (χ3n) is 3.52. The van der Waals surface area contributed by atoms with Gasteiger partial charge in [-0.3, -0.25) is 9.69 Å². The molecule has 1 amide bonds. The highest BCUT2D eigenvalue weighted by Crippen LogP contribution is 2.21. The number of hydrogen-bond acceptors (Lipinski definition) is 2. The van der Waals surface area contributed by atoms with Crippen LogP contribution >= 0.6 is 0 Å². The van der Waals surface area contributed by atoms with Crippen LogP contribution in [0.2, 0.25) is 0 Å². The standard InChI is InChI=1S/C14H19FN2O/c15-13-3-1-12(2-4-13)10-17-7-5-11(6-8-17)9-14(16)18/h1-4,11H,5-10H2,(H2,16,18). The van der Waals surface area contributed by atoms with Gasteiger partial charge >= 0.3 is 0 Å². The van der Waals surface area contributed by atoms with E-state index in [1.165, 1.54) is 12.1 Å². The molecular formula is C14H19FN2O. The van der Waals surface area contributed by atoms with Gasteiger partial charge in [-0.1, -0.05) is 12.1 Å². The van der Waals surface area contributed by atoms with Gasteiger partial charge in [0, 0.05) is 13.0 Å². The lowest BCUT2D eigenvalue weighted by Crippen LogP contribution is -2.34. The summed E-state index contributed by atoms with van der Waals surface area (Å²) >= 11 is 0. The number of amides is 1. The minimum absolute atomic E-state index is 0.195. The molecule has 0 radical (unpaired) electrons. The van der Waals surface area contributed by atoms with Gasteiger partial charge in [0.1, 0.15) is 5.82 Å². The fraction of sp³-hybridized carbons (Fsp3) is 0.500. The second kappa shape index (κ2) is 5.96. The molecule has 0 bridgehead atoms. The number of piperidine rings is 1. The SMILES string of the molecule is NC(=O)CC1CCN(Cc2ccc(F)cc2)CC1. The molecule has 18 heavy (non-hydrogen) atoms. The molecule has 1 aliphatic rings. The zero-order valence-corrected chi connectivity index (χ0v) is 10.4. The highest BCUT2D eigenvalue weighted by atomic mass is 19.1. The number of halogens is 1. The largest absolute Gasteiger partial charge is 0.370 e. The van der Waals surface area contributed by atoms with Crippen molar-refractivity contribution in [3.63, 3.8) is 0 Å². The third-order valence-corrected chi connectivity index (χ3v) is 3.52. The molecule has 1 aromatic rings. The normalized spacial score (nSPS) is 17.8. The first kappa shape index (κ1) is 13.0. The van der Waals surface area contributed by atoms with Crippen molar-refractivity contribution in [2.75, 3.05) is 13.1 Å². The lowest BCUT2D eigenvalue weighted by molar-refractivity contribution is -0.119. The maximum absolute atomic E-state index is 12.8. The van der Waals surface area contributed by atoms with E-state index in [4.69, 9.17) is 5.73 Å². The minimum Gasteiger partial charge on any atom is -0.370 e. The van der Waals surface area contributed by atoms with Crippen LogP contribution in [-0.4, -0.2) is 23.9 Å². The molecule has 1 heterocycles. The Morgan fingerprint density at radius 1 is 1.28 bits per heavy atom. The Balaban J connectivity index is 1.79. The van der Waals surface area contributed by atoms with Crippen LogP contribution in [0.3, 0.4) is 0 Å². The molecule has 0 unspecified atom stereocenters. The van der Waals surface area contributed by atoms with Crippen LogP contribution < -0.4 is 5.73 Å². The molecule has 2 rings (SSSR count). The zero-order valence-electron chi connectivity index (χ0n) is 10.4. The maximum Gasteiger partial charge on any atom is 0.217 e. The molecule has 1 saturated heterocycles. The molecular weight excluding hydrogens is 231 g/mol. The van der Waals surface area contributed by atoms with Crippen LogP contribution in [0.1, 0.15) is 24.8 Å². The number of hydrogen-bond donors (Lipinski definition) is 1. The third kappa shape index (κ3) is 3.81. The van der Waals surface area contributed by atoms with Gasteiger partial charge in [-0.2, -0.15) is 0 Å². The van der Waals surface area contributed by atoms with Gasteiger partial charge in [0.2, 0.25) is 5.91 Å². The molecule has 0 atom stereocenters. The van der Waals surface area contributed by atoms with E-state index in [1.54, 1.807) is 0 Å². The predicted molar refractivity (Wildman–Crippen MR) is 68.2 cm³/mol. The van der Waals surface area contributed by atoms with E-state index in [0.29, 0.717) is 12.3 Å². The van der Waals surface area contributed by atoms with Crippen molar-refractivity contribution in [2.24, 2.45) is 11.7 Å². The van der Waals surface area contributed by atoms with Gasteiger partial charge in [0.15, 0.2) is 0 Å². The van der Waals surface area contributed by atoms with Gasteiger partial charge in [-0.15, -0.1) is 0 Å². The summed E-state index contributed by atoms with van der Waals surface area (Å²) in [6, 6.07) is 6.64. The summed E-state index contributed by atoms with van der Waals surface area (Å²) < 4.78 is 12.8. The van der Waals surface area contributed by atoms with Crippen molar-refractivity contribution in [1.82, 2.24) is 4.90 Å². The monoisotopic (exact) mass is 250 g/mol. The second-order valence-corrected chi connectivity index (χ2v) is 5.02. The van der Waals surface area contributed by atoms with Crippen molar-refractivity contribution in [3.05, 3.63) is 35.6 Å². The average Bonchev–Trinajstić information content (AvgIpc) is 2.34. The van der Waals surface area contributed by atoms with Gasteiger partial charge < -0.3 is 5.73 Å². The summed E-state index contributed by atoms with van der Waals surface area (Å²) in [6.07, 6.45) is 2.54. The molecule has 0 spiro atoms. The summed E-state index contributed by atoms with van der Waals surface area (Å²) in [5.74, 6) is 0.0397. The first-order chi connectivity index (χ1) is 8.63. The molecule has 98 valence electrons. The van der Waals surface area contributed by atoms with Crippen LogP contribution in [-0.2, 0) is 11.3 Å². The van der Waals surface area contributed by atoms with Gasteiger partial charge in [-0.25, -0.2) is 4.39 Å². The Hall–Kier alpha value is -1.42. The molecule has 4 heteroatoms. The molecule has 1 fully saturated rings. The number of carbonyl (C=O) groups is 1. The summed E-state index contributed by atoms with van der Waals surface area (Å²) in [7, 11) is 0. The highest BCUT2D eigenvalue weighted by molar-refractivity contribution is 5.73. The number of nitrogens with zero attached hydrogens (tertiary/aromatic N) is 1. The van der Waals surface area contributed by atoms with Crippen molar-refractivity contribution in [2.45, 2.75) is 25.8 Å². The van der Waals surface area contributed by atoms with Crippen LogP contribution in [0.25, 0.3) is 0 Å². The Bertz CT molecular complexity index is 397. The average molecular weight is 250 g/mol. The van der Waals surface area contributed by atoms with Crippen LogP contribution in [0, 0.1) is 11.7 Å². The fourth-order valence-electron chi connectivity index (χ4n) is 2.48. The summed E-state index contributed by atoms with van der Waals surface area (Å²) in [4.78, 5) is 13.2. The van der Waals surface area contributed by atoms with Crippen LogP contribution in [0.5, 0.6) is 0 Å². The van der Waals surface area contributed by atoms with Crippen molar-refractivity contribution in [3.8, 4) is 0 Å². The Kier molecular flexibility index (Phi) is 4.31. The second-order valence-electron chi connectivity index (χ2n) is 5.02. The molecule has 0 aromatic heterocycles. The molecule has 0 saturated carbocycles. The smallest absolute Gasteiger partial charge is 0.217 e. The van der Waals surface area contributed by atoms with E-state index in [0.717, 1.165) is 38.0 Å². The fourth-order valence-corrected chi connectivity index (χ4v) is 2.48. The van der Waals surface area contributed by atoms with E-state index in [-0.39, 0.29) is 11.7 Å². The van der Waals surface area contributed by atoms with Crippen LogP contribution in [0.4, 0.5) is 4.39 Å². The van der Waals surface area contributed by atoms with Gasteiger partial charge in [-0.05, 0) is 49.5 Å². The number of carbonyl (C=O) groups excluding carboxylic acids is 1. The van der Waals surface area contributed by atoms with Crippen molar-refractivity contribution in [1.29, 1.82) is 0 Å². The number of nitrogens with two attached hydrogens (primary N) is 1. The Morgan fingerprint density at radius 3 is 2.44 bits per heavy atom. The van der Waals surface area contributed by atoms with E-state index >= 15 is 0 Å². The molecule has 1 aromatic carbocycles. The van der Waals surface area contributed by atoms with E-state index in [9.17, 15) is 9.18 Å². The van der Waals surface area contributed by atoms with E-state index < -0.39 is 0 Å². The first-order valence-corrected chi connectivity index (χ1v) is 6.38. The van der Waals surface area contributed by atoms with E-state index in [1.807, 2.05) is 12.1 Å².